The molecule has 6 nitrogen and oxygen atoms in total. The maximum atomic E-state index is 12.0. The van der Waals surface area contributed by atoms with Gasteiger partial charge < -0.3 is 15.4 Å². The predicted octanol–water partition coefficient (Wildman–Crippen LogP) is 3.45. The van der Waals surface area contributed by atoms with Crippen LogP contribution >= 0.6 is 11.3 Å². The first-order valence-corrected chi connectivity index (χ1v) is 8.26. The van der Waals surface area contributed by atoms with Crippen LogP contribution in [0.4, 0.5) is 17.3 Å². The van der Waals surface area contributed by atoms with Gasteiger partial charge in [0.2, 0.25) is 11.9 Å². The first kappa shape index (κ1) is 14.6. The van der Waals surface area contributed by atoms with Crippen LogP contribution < -0.4 is 15.4 Å². The fourth-order valence-corrected chi connectivity index (χ4v) is 3.49. The molecule has 1 aromatic carbocycles. The van der Waals surface area contributed by atoms with Crippen LogP contribution in [-0.2, 0) is 11.2 Å². The van der Waals surface area contributed by atoms with Crippen LogP contribution in [-0.4, -0.2) is 23.0 Å². The van der Waals surface area contributed by atoms with E-state index in [-0.39, 0.29) is 12.3 Å². The van der Waals surface area contributed by atoms with E-state index in [4.69, 9.17) is 4.74 Å². The van der Waals surface area contributed by atoms with Crippen molar-refractivity contribution >= 4 is 34.6 Å². The van der Waals surface area contributed by atoms with Crippen molar-refractivity contribution in [3.05, 3.63) is 47.5 Å². The Hall–Kier alpha value is -2.93. The highest BCUT2D eigenvalue weighted by Gasteiger charge is 2.22. The molecule has 7 heteroatoms. The number of carbonyl (C=O) groups is 1. The molecule has 2 aromatic heterocycles. The van der Waals surface area contributed by atoms with Crippen molar-refractivity contribution in [2.24, 2.45) is 0 Å². The molecule has 0 radical (unpaired) electrons. The van der Waals surface area contributed by atoms with Gasteiger partial charge in [-0.1, -0.05) is 12.1 Å². The number of aromatic nitrogens is 2. The third-order valence-electron chi connectivity index (χ3n) is 3.72. The molecule has 0 bridgehead atoms. The number of methoxy groups -OCH3 is 1. The topological polar surface area (TPSA) is 76.1 Å². The minimum atomic E-state index is -0.0533. The Bertz CT molecular complexity index is 922. The van der Waals surface area contributed by atoms with Gasteiger partial charge in [0.1, 0.15) is 5.75 Å². The van der Waals surface area contributed by atoms with Crippen molar-refractivity contribution < 1.29 is 9.53 Å². The second-order valence-corrected chi connectivity index (χ2v) is 6.20. The molecule has 1 aliphatic rings. The van der Waals surface area contributed by atoms with Crippen LogP contribution in [0.3, 0.4) is 0 Å². The van der Waals surface area contributed by atoms with Gasteiger partial charge in [0, 0.05) is 11.8 Å². The lowest BCUT2D eigenvalue weighted by atomic mass is 10.1. The first-order chi connectivity index (χ1) is 11.7. The number of ether oxygens (including phenoxy) is 1. The number of anilines is 3. The molecule has 0 spiro atoms. The SMILES string of the molecule is COc1ccccc1Nc1ncc2c(n1)-c1sccc1NC(=O)C2. The van der Waals surface area contributed by atoms with Gasteiger partial charge in [-0.25, -0.2) is 9.97 Å². The fourth-order valence-electron chi connectivity index (χ4n) is 2.62. The Kier molecular flexibility index (Phi) is 3.62. The zero-order valence-electron chi connectivity index (χ0n) is 12.9. The lowest BCUT2D eigenvalue weighted by Gasteiger charge is -2.11. The average molecular weight is 338 g/mol. The second kappa shape index (κ2) is 5.93. The number of thiophene rings is 1. The Balaban J connectivity index is 1.76. The summed E-state index contributed by atoms with van der Waals surface area (Å²) in [7, 11) is 1.62. The molecule has 1 aliphatic heterocycles. The quantitative estimate of drug-likeness (QED) is 0.765. The number of nitrogens with one attached hydrogen (secondary N) is 2. The van der Waals surface area contributed by atoms with Gasteiger partial charge in [0.05, 0.1) is 35.5 Å². The van der Waals surface area contributed by atoms with Crippen LogP contribution in [0.5, 0.6) is 5.75 Å². The molecule has 3 heterocycles. The smallest absolute Gasteiger partial charge is 0.228 e. The van der Waals surface area contributed by atoms with Crippen molar-refractivity contribution in [3.63, 3.8) is 0 Å². The molecule has 24 heavy (non-hydrogen) atoms. The molecule has 120 valence electrons. The minimum absolute atomic E-state index is 0.0533. The average Bonchev–Trinajstić information content (AvgIpc) is 2.99. The number of nitrogens with zero attached hydrogens (tertiary/aromatic N) is 2. The van der Waals surface area contributed by atoms with E-state index in [1.54, 1.807) is 24.6 Å². The Morgan fingerprint density at radius 3 is 3.04 bits per heavy atom. The molecule has 4 rings (SSSR count). The highest BCUT2D eigenvalue weighted by Crippen LogP contribution is 2.37. The second-order valence-electron chi connectivity index (χ2n) is 5.28. The number of carbonyl (C=O) groups excluding carboxylic acids is 1. The van der Waals surface area contributed by atoms with Crippen molar-refractivity contribution in [2.75, 3.05) is 17.7 Å². The van der Waals surface area contributed by atoms with Gasteiger partial charge in [0.15, 0.2) is 0 Å². The van der Waals surface area contributed by atoms with Gasteiger partial charge in [-0.2, -0.15) is 0 Å². The van der Waals surface area contributed by atoms with Crippen molar-refractivity contribution in [3.8, 4) is 16.3 Å². The molecule has 0 fully saturated rings. The van der Waals surface area contributed by atoms with Crippen LogP contribution in [0.1, 0.15) is 5.56 Å². The fraction of sp³-hybridized carbons (Fsp3) is 0.118. The molecule has 0 saturated heterocycles. The number of amides is 1. The lowest BCUT2D eigenvalue weighted by molar-refractivity contribution is -0.115. The van der Waals surface area contributed by atoms with Crippen LogP contribution in [0.25, 0.3) is 10.6 Å². The molecule has 3 aromatic rings. The summed E-state index contributed by atoms with van der Waals surface area (Å²) in [5.74, 6) is 1.12. The van der Waals surface area contributed by atoms with E-state index in [1.165, 1.54) is 0 Å². The predicted molar refractivity (Wildman–Crippen MR) is 94.0 cm³/mol. The van der Waals surface area contributed by atoms with Crippen LogP contribution in [0.15, 0.2) is 41.9 Å². The maximum Gasteiger partial charge on any atom is 0.228 e. The van der Waals surface area contributed by atoms with E-state index in [0.717, 1.165) is 27.5 Å². The third kappa shape index (κ3) is 2.59. The van der Waals surface area contributed by atoms with Gasteiger partial charge in [-0.05, 0) is 23.6 Å². The molecule has 1 amide bonds. The lowest BCUT2D eigenvalue weighted by Crippen LogP contribution is -2.12. The molecule has 0 saturated carbocycles. The molecular formula is C17H14N4O2S. The van der Waals surface area contributed by atoms with Crippen molar-refractivity contribution in [1.82, 2.24) is 9.97 Å². The summed E-state index contributed by atoms with van der Waals surface area (Å²) < 4.78 is 5.34. The highest BCUT2D eigenvalue weighted by molar-refractivity contribution is 7.14. The van der Waals surface area contributed by atoms with E-state index in [0.29, 0.717) is 11.7 Å². The Morgan fingerprint density at radius 2 is 2.17 bits per heavy atom. The number of fused-ring (bicyclic) bond motifs is 3. The summed E-state index contributed by atoms with van der Waals surface area (Å²) in [5, 5.41) is 8.02. The highest BCUT2D eigenvalue weighted by atomic mass is 32.1. The third-order valence-corrected chi connectivity index (χ3v) is 4.64. The summed E-state index contributed by atoms with van der Waals surface area (Å²) in [4.78, 5) is 21.9. The number of rotatable bonds is 3. The molecular weight excluding hydrogens is 324 g/mol. The zero-order chi connectivity index (χ0) is 16.5. The normalized spacial score (nSPS) is 12.6. The van der Waals surface area contributed by atoms with Crippen molar-refractivity contribution in [1.29, 1.82) is 0 Å². The van der Waals surface area contributed by atoms with E-state index in [1.807, 2.05) is 35.7 Å². The van der Waals surface area contributed by atoms with E-state index in [9.17, 15) is 4.79 Å². The van der Waals surface area contributed by atoms with Gasteiger partial charge >= 0.3 is 0 Å². The summed E-state index contributed by atoms with van der Waals surface area (Å²) in [5.41, 5.74) is 3.19. The molecule has 2 N–H and O–H groups in total. The van der Waals surface area contributed by atoms with Gasteiger partial charge in [-0.15, -0.1) is 11.3 Å². The van der Waals surface area contributed by atoms with Crippen LogP contribution in [0.2, 0.25) is 0 Å². The van der Waals surface area contributed by atoms with E-state index in [2.05, 4.69) is 20.6 Å². The Labute approximate surface area is 142 Å². The number of benzene rings is 1. The van der Waals surface area contributed by atoms with Gasteiger partial charge in [-0.3, -0.25) is 4.79 Å². The summed E-state index contributed by atoms with van der Waals surface area (Å²) in [6, 6.07) is 9.47. The van der Waals surface area contributed by atoms with Crippen molar-refractivity contribution in [2.45, 2.75) is 6.42 Å². The first-order valence-electron chi connectivity index (χ1n) is 7.38. The molecule has 0 atom stereocenters. The number of hydrogen-bond acceptors (Lipinski definition) is 6. The van der Waals surface area contributed by atoms with Gasteiger partial charge in [0.25, 0.3) is 0 Å². The minimum Gasteiger partial charge on any atom is -0.495 e. The monoisotopic (exact) mass is 338 g/mol. The summed E-state index contributed by atoms with van der Waals surface area (Å²) in [6.07, 6.45) is 1.97. The maximum absolute atomic E-state index is 12.0. The standard InChI is InChI=1S/C17H14N4O2S/c1-23-13-5-3-2-4-11(13)20-17-18-9-10-8-14(22)19-12-6-7-24-16(12)15(10)21-17/h2-7,9H,8H2,1H3,(H,19,22)(H,18,20,21). The van der Waals surface area contributed by atoms with Crippen LogP contribution in [0, 0.1) is 0 Å². The summed E-state index contributed by atoms with van der Waals surface area (Å²) in [6.45, 7) is 0. The summed E-state index contributed by atoms with van der Waals surface area (Å²) >= 11 is 1.55. The largest absolute Gasteiger partial charge is 0.495 e. The number of hydrogen-bond donors (Lipinski definition) is 2. The van der Waals surface area contributed by atoms with E-state index < -0.39 is 0 Å². The van der Waals surface area contributed by atoms with E-state index >= 15 is 0 Å². The number of para-hydroxylation sites is 2. The Morgan fingerprint density at radius 1 is 1.29 bits per heavy atom. The molecule has 0 aliphatic carbocycles. The zero-order valence-corrected chi connectivity index (χ0v) is 13.7. The molecule has 0 unspecified atom stereocenters.